The molecule has 3 heteroatoms. The number of hydrogen-bond donors (Lipinski definition) is 2. The normalized spacial score (nSPS) is 21.2. The van der Waals surface area contributed by atoms with Crippen LogP contribution in [0.2, 0.25) is 0 Å². The molecule has 26 heavy (non-hydrogen) atoms. The van der Waals surface area contributed by atoms with E-state index in [1.165, 1.54) is 5.56 Å². The zero-order valence-corrected chi connectivity index (χ0v) is 15.0. The Hall–Kier alpha value is -2.39. The second-order valence-corrected chi connectivity index (χ2v) is 7.37. The molecule has 1 aliphatic rings. The van der Waals surface area contributed by atoms with Crippen LogP contribution in [0.25, 0.3) is 10.8 Å². The topological polar surface area (TPSA) is 32.3 Å². The maximum absolute atomic E-state index is 14.1. The molecule has 3 atom stereocenters. The highest BCUT2D eigenvalue weighted by molar-refractivity contribution is 5.86. The van der Waals surface area contributed by atoms with E-state index in [1.807, 2.05) is 42.5 Å². The molecule has 2 unspecified atom stereocenters. The average Bonchev–Trinajstić information content (AvgIpc) is 3.11. The maximum Gasteiger partial charge on any atom is 0.131 e. The standard InChI is InChI=1S/C23H24FNO/c1-15(20-12-13-23(24)22-5-3-2-4-21(20)22)25-18-9-6-17(14-18)16-7-10-19(26)11-8-16/h2-5,7-8,10-13,15,17-18,25-26H,6,9,14H2,1H3/t15-,17?,18?/m1/s1. The van der Waals surface area contributed by atoms with E-state index in [0.717, 1.165) is 30.2 Å². The predicted octanol–water partition coefficient (Wildman–Crippen LogP) is 5.67. The van der Waals surface area contributed by atoms with Crippen molar-refractivity contribution in [3.63, 3.8) is 0 Å². The summed E-state index contributed by atoms with van der Waals surface area (Å²) < 4.78 is 14.1. The number of benzene rings is 3. The van der Waals surface area contributed by atoms with Crippen molar-refractivity contribution in [2.24, 2.45) is 0 Å². The minimum absolute atomic E-state index is 0.162. The van der Waals surface area contributed by atoms with E-state index >= 15 is 0 Å². The molecule has 0 spiro atoms. The molecule has 1 aliphatic carbocycles. The quantitative estimate of drug-likeness (QED) is 0.636. The van der Waals surface area contributed by atoms with Gasteiger partial charge in [-0.05, 0) is 66.8 Å². The van der Waals surface area contributed by atoms with E-state index in [1.54, 1.807) is 18.2 Å². The summed E-state index contributed by atoms with van der Waals surface area (Å²) in [6.45, 7) is 2.16. The summed E-state index contributed by atoms with van der Waals surface area (Å²) in [7, 11) is 0. The molecule has 1 fully saturated rings. The monoisotopic (exact) mass is 349 g/mol. The number of phenols is 1. The van der Waals surface area contributed by atoms with Crippen LogP contribution in [0.15, 0.2) is 60.7 Å². The van der Waals surface area contributed by atoms with E-state index < -0.39 is 0 Å². The van der Waals surface area contributed by atoms with Gasteiger partial charge in [0.1, 0.15) is 11.6 Å². The number of fused-ring (bicyclic) bond motifs is 1. The van der Waals surface area contributed by atoms with Gasteiger partial charge in [-0.2, -0.15) is 0 Å². The van der Waals surface area contributed by atoms with Gasteiger partial charge in [0.15, 0.2) is 0 Å². The summed E-state index contributed by atoms with van der Waals surface area (Å²) in [5.74, 6) is 0.688. The molecule has 134 valence electrons. The van der Waals surface area contributed by atoms with E-state index in [2.05, 4.69) is 12.2 Å². The summed E-state index contributed by atoms with van der Waals surface area (Å²) in [4.78, 5) is 0. The van der Waals surface area contributed by atoms with Crippen LogP contribution in [0.4, 0.5) is 4.39 Å². The Labute approximate surface area is 153 Å². The maximum atomic E-state index is 14.1. The van der Waals surface area contributed by atoms with Gasteiger partial charge >= 0.3 is 0 Å². The van der Waals surface area contributed by atoms with Gasteiger partial charge in [-0.1, -0.05) is 42.5 Å². The molecule has 0 aromatic heterocycles. The van der Waals surface area contributed by atoms with Gasteiger partial charge in [-0.3, -0.25) is 0 Å². The SMILES string of the molecule is C[C@@H](NC1CCC(c2ccc(O)cc2)C1)c1ccc(F)c2ccccc12. The molecule has 2 N–H and O–H groups in total. The van der Waals surface area contributed by atoms with Crippen LogP contribution in [0.3, 0.4) is 0 Å². The fourth-order valence-electron chi connectivity index (χ4n) is 4.29. The first-order chi connectivity index (χ1) is 12.6. The predicted molar refractivity (Wildman–Crippen MR) is 104 cm³/mol. The molecule has 0 heterocycles. The number of halogens is 1. The van der Waals surface area contributed by atoms with Crippen molar-refractivity contribution in [2.45, 2.75) is 44.2 Å². The highest BCUT2D eigenvalue weighted by Gasteiger charge is 2.27. The Balaban J connectivity index is 1.48. The van der Waals surface area contributed by atoms with Crippen molar-refractivity contribution in [3.8, 4) is 5.75 Å². The van der Waals surface area contributed by atoms with Crippen molar-refractivity contribution >= 4 is 10.8 Å². The Morgan fingerprint density at radius 2 is 1.69 bits per heavy atom. The molecular weight excluding hydrogens is 325 g/mol. The third kappa shape index (κ3) is 3.32. The van der Waals surface area contributed by atoms with E-state index in [9.17, 15) is 9.50 Å². The Morgan fingerprint density at radius 1 is 0.962 bits per heavy atom. The Morgan fingerprint density at radius 3 is 2.46 bits per heavy atom. The molecule has 3 aromatic rings. The van der Waals surface area contributed by atoms with E-state index in [0.29, 0.717) is 23.1 Å². The summed E-state index contributed by atoms with van der Waals surface area (Å²) in [6.07, 6.45) is 3.38. The van der Waals surface area contributed by atoms with Crippen LogP contribution in [0.5, 0.6) is 5.75 Å². The first-order valence-corrected chi connectivity index (χ1v) is 9.34. The smallest absolute Gasteiger partial charge is 0.131 e. The number of nitrogens with one attached hydrogen (secondary N) is 1. The van der Waals surface area contributed by atoms with Gasteiger partial charge in [0, 0.05) is 17.5 Å². The van der Waals surface area contributed by atoms with E-state index in [-0.39, 0.29) is 11.9 Å². The highest BCUT2D eigenvalue weighted by Crippen LogP contribution is 2.36. The lowest BCUT2D eigenvalue weighted by atomic mass is 9.96. The Bertz CT molecular complexity index is 906. The van der Waals surface area contributed by atoms with Crippen molar-refractivity contribution in [1.29, 1.82) is 0 Å². The third-order valence-electron chi connectivity index (χ3n) is 5.65. The highest BCUT2D eigenvalue weighted by atomic mass is 19.1. The molecule has 0 amide bonds. The fourth-order valence-corrected chi connectivity index (χ4v) is 4.29. The lowest BCUT2D eigenvalue weighted by Gasteiger charge is -2.22. The lowest BCUT2D eigenvalue weighted by molar-refractivity contribution is 0.458. The summed E-state index contributed by atoms with van der Waals surface area (Å²) in [6, 6.07) is 19.4. The first-order valence-electron chi connectivity index (χ1n) is 9.34. The average molecular weight is 349 g/mol. The number of rotatable bonds is 4. The molecule has 0 aliphatic heterocycles. The summed E-state index contributed by atoms with van der Waals surface area (Å²) >= 11 is 0. The largest absolute Gasteiger partial charge is 0.508 e. The van der Waals surface area contributed by atoms with Crippen molar-refractivity contribution in [2.75, 3.05) is 0 Å². The number of phenolic OH excluding ortho intramolecular Hbond substituents is 1. The van der Waals surface area contributed by atoms with Crippen LogP contribution < -0.4 is 5.32 Å². The number of hydrogen-bond acceptors (Lipinski definition) is 2. The summed E-state index contributed by atoms with van der Waals surface area (Å²) in [5, 5.41) is 14.9. The minimum Gasteiger partial charge on any atom is -0.508 e. The second kappa shape index (κ2) is 7.08. The molecular formula is C23H24FNO. The van der Waals surface area contributed by atoms with Crippen molar-refractivity contribution in [1.82, 2.24) is 5.32 Å². The van der Waals surface area contributed by atoms with Gasteiger partial charge in [0.25, 0.3) is 0 Å². The van der Waals surface area contributed by atoms with Crippen LogP contribution in [0.1, 0.15) is 49.3 Å². The van der Waals surface area contributed by atoms with Crippen molar-refractivity contribution in [3.05, 3.63) is 77.6 Å². The van der Waals surface area contributed by atoms with Crippen LogP contribution in [-0.2, 0) is 0 Å². The third-order valence-corrected chi connectivity index (χ3v) is 5.65. The van der Waals surface area contributed by atoms with Gasteiger partial charge in [-0.25, -0.2) is 4.39 Å². The Kier molecular flexibility index (Phi) is 4.64. The van der Waals surface area contributed by atoms with Crippen LogP contribution in [-0.4, -0.2) is 11.1 Å². The van der Waals surface area contributed by atoms with Crippen LogP contribution in [0, 0.1) is 5.82 Å². The van der Waals surface area contributed by atoms with Crippen molar-refractivity contribution < 1.29 is 9.50 Å². The van der Waals surface area contributed by atoms with Gasteiger partial charge < -0.3 is 10.4 Å². The molecule has 0 radical (unpaired) electrons. The van der Waals surface area contributed by atoms with Gasteiger partial charge in [0.2, 0.25) is 0 Å². The van der Waals surface area contributed by atoms with Gasteiger partial charge in [0.05, 0.1) is 0 Å². The molecule has 0 bridgehead atoms. The zero-order chi connectivity index (χ0) is 18.1. The second-order valence-electron chi connectivity index (χ2n) is 7.37. The molecule has 1 saturated carbocycles. The molecule has 0 saturated heterocycles. The lowest BCUT2D eigenvalue weighted by Crippen LogP contribution is -2.29. The summed E-state index contributed by atoms with van der Waals surface area (Å²) in [5.41, 5.74) is 2.45. The first kappa shape index (κ1) is 17.0. The molecule has 2 nitrogen and oxygen atoms in total. The molecule has 3 aromatic carbocycles. The fraction of sp³-hybridized carbons (Fsp3) is 0.304. The van der Waals surface area contributed by atoms with Gasteiger partial charge in [-0.15, -0.1) is 0 Å². The zero-order valence-electron chi connectivity index (χ0n) is 15.0. The van der Waals surface area contributed by atoms with E-state index in [4.69, 9.17) is 0 Å². The minimum atomic E-state index is -0.162. The number of aromatic hydroxyl groups is 1. The molecule has 4 rings (SSSR count). The van der Waals surface area contributed by atoms with Crippen LogP contribution >= 0.6 is 0 Å².